The molecule has 0 spiro atoms. The third-order valence-corrected chi connectivity index (χ3v) is 5.47. The standard InChI is InChI=1S/C15H29N3/c1-12(2)18-8-6-17(7-9-18)11-15-14-5-3-4-13(14)10-16-15/h12-16H,3-11H2,1-2H3. The number of nitrogens with one attached hydrogen (secondary N) is 1. The van der Waals surface area contributed by atoms with Crippen LogP contribution in [-0.4, -0.2) is 61.2 Å². The Morgan fingerprint density at radius 1 is 1.11 bits per heavy atom. The van der Waals surface area contributed by atoms with E-state index < -0.39 is 0 Å². The molecule has 0 bridgehead atoms. The second kappa shape index (κ2) is 5.48. The summed E-state index contributed by atoms with van der Waals surface area (Å²) in [6.07, 6.45) is 4.44. The highest BCUT2D eigenvalue weighted by molar-refractivity contribution is 4.95. The first-order valence-electron chi connectivity index (χ1n) is 7.94. The predicted molar refractivity (Wildman–Crippen MR) is 75.8 cm³/mol. The van der Waals surface area contributed by atoms with Gasteiger partial charge < -0.3 is 5.32 Å². The van der Waals surface area contributed by atoms with E-state index >= 15 is 0 Å². The normalized spacial score (nSPS) is 38.5. The van der Waals surface area contributed by atoms with E-state index in [-0.39, 0.29) is 0 Å². The van der Waals surface area contributed by atoms with Crippen LogP contribution in [0, 0.1) is 11.8 Å². The van der Waals surface area contributed by atoms with Crippen LogP contribution in [0.4, 0.5) is 0 Å². The minimum Gasteiger partial charge on any atom is -0.312 e. The van der Waals surface area contributed by atoms with E-state index in [0.29, 0.717) is 0 Å². The molecule has 0 amide bonds. The Hall–Kier alpha value is -0.120. The molecule has 0 aromatic rings. The van der Waals surface area contributed by atoms with E-state index in [0.717, 1.165) is 23.9 Å². The predicted octanol–water partition coefficient (Wildman–Crippen LogP) is 1.40. The van der Waals surface area contributed by atoms with Gasteiger partial charge in [0.25, 0.3) is 0 Å². The van der Waals surface area contributed by atoms with Gasteiger partial charge in [-0.2, -0.15) is 0 Å². The molecule has 1 saturated carbocycles. The van der Waals surface area contributed by atoms with Crippen molar-refractivity contribution < 1.29 is 0 Å². The van der Waals surface area contributed by atoms with Gasteiger partial charge in [-0.3, -0.25) is 9.80 Å². The summed E-state index contributed by atoms with van der Waals surface area (Å²) >= 11 is 0. The van der Waals surface area contributed by atoms with Crippen LogP contribution < -0.4 is 5.32 Å². The van der Waals surface area contributed by atoms with Crippen LogP contribution in [0.25, 0.3) is 0 Å². The molecule has 2 saturated heterocycles. The molecule has 104 valence electrons. The molecule has 3 heteroatoms. The average molecular weight is 251 g/mol. The van der Waals surface area contributed by atoms with E-state index in [1.54, 1.807) is 0 Å². The number of nitrogens with zero attached hydrogens (tertiary/aromatic N) is 2. The van der Waals surface area contributed by atoms with Gasteiger partial charge in [0.05, 0.1) is 0 Å². The molecule has 3 nitrogen and oxygen atoms in total. The smallest absolute Gasteiger partial charge is 0.0226 e. The topological polar surface area (TPSA) is 18.5 Å². The van der Waals surface area contributed by atoms with E-state index in [2.05, 4.69) is 29.0 Å². The van der Waals surface area contributed by atoms with E-state index in [9.17, 15) is 0 Å². The molecule has 3 atom stereocenters. The maximum atomic E-state index is 3.78. The third-order valence-electron chi connectivity index (χ3n) is 5.47. The summed E-state index contributed by atoms with van der Waals surface area (Å²) in [6, 6.07) is 1.51. The molecule has 0 aromatic carbocycles. The van der Waals surface area contributed by atoms with Crippen molar-refractivity contribution in [2.24, 2.45) is 11.8 Å². The molecule has 0 radical (unpaired) electrons. The van der Waals surface area contributed by atoms with Crippen LogP contribution in [0.1, 0.15) is 33.1 Å². The molecule has 3 fully saturated rings. The molecule has 0 aromatic heterocycles. The quantitative estimate of drug-likeness (QED) is 0.818. The van der Waals surface area contributed by atoms with Crippen molar-refractivity contribution >= 4 is 0 Å². The van der Waals surface area contributed by atoms with Crippen molar-refractivity contribution in [1.82, 2.24) is 15.1 Å². The van der Waals surface area contributed by atoms with Gasteiger partial charge in [-0.15, -0.1) is 0 Å². The minimum absolute atomic E-state index is 0.718. The maximum absolute atomic E-state index is 3.78. The number of hydrogen-bond donors (Lipinski definition) is 1. The molecule has 1 N–H and O–H groups in total. The van der Waals surface area contributed by atoms with Crippen LogP contribution in [0.3, 0.4) is 0 Å². The van der Waals surface area contributed by atoms with Gasteiger partial charge in [-0.25, -0.2) is 0 Å². The summed E-state index contributed by atoms with van der Waals surface area (Å²) in [7, 11) is 0. The second-order valence-corrected chi connectivity index (χ2v) is 6.80. The highest BCUT2D eigenvalue weighted by atomic mass is 15.3. The number of fused-ring (bicyclic) bond motifs is 1. The zero-order chi connectivity index (χ0) is 12.5. The SMILES string of the molecule is CC(C)N1CCN(CC2NCC3CCCC32)CC1. The van der Waals surface area contributed by atoms with E-state index in [1.165, 1.54) is 58.5 Å². The summed E-state index contributed by atoms with van der Waals surface area (Å²) in [5.74, 6) is 2.00. The highest BCUT2D eigenvalue weighted by Crippen LogP contribution is 2.37. The minimum atomic E-state index is 0.718. The van der Waals surface area contributed by atoms with Crippen molar-refractivity contribution in [3.05, 3.63) is 0 Å². The highest BCUT2D eigenvalue weighted by Gasteiger charge is 2.39. The molecular weight excluding hydrogens is 222 g/mol. The van der Waals surface area contributed by atoms with Crippen molar-refractivity contribution in [2.75, 3.05) is 39.3 Å². The van der Waals surface area contributed by atoms with Gasteiger partial charge in [0.2, 0.25) is 0 Å². The molecule has 18 heavy (non-hydrogen) atoms. The fourth-order valence-electron chi connectivity index (χ4n) is 4.24. The fraction of sp³-hybridized carbons (Fsp3) is 1.00. The largest absolute Gasteiger partial charge is 0.312 e. The van der Waals surface area contributed by atoms with Gasteiger partial charge in [-0.05, 0) is 45.1 Å². The van der Waals surface area contributed by atoms with Gasteiger partial charge in [0.1, 0.15) is 0 Å². The summed E-state index contributed by atoms with van der Waals surface area (Å²) in [4.78, 5) is 5.30. The van der Waals surface area contributed by atoms with Crippen molar-refractivity contribution in [1.29, 1.82) is 0 Å². The molecule has 3 rings (SSSR count). The van der Waals surface area contributed by atoms with Crippen LogP contribution in [-0.2, 0) is 0 Å². The van der Waals surface area contributed by atoms with Crippen LogP contribution in [0.15, 0.2) is 0 Å². The van der Waals surface area contributed by atoms with Crippen LogP contribution in [0.5, 0.6) is 0 Å². The summed E-state index contributed by atoms with van der Waals surface area (Å²) < 4.78 is 0. The second-order valence-electron chi connectivity index (χ2n) is 6.80. The molecule has 2 aliphatic heterocycles. The Kier molecular flexibility index (Phi) is 3.92. The van der Waals surface area contributed by atoms with Crippen molar-refractivity contribution in [3.8, 4) is 0 Å². The first-order chi connectivity index (χ1) is 8.74. The summed E-state index contributed by atoms with van der Waals surface area (Å²) in [5, 5.41) is 3.78. The molecule has 3 aliphatic rings. The lowest BCUT2D eigenvalue weighted by molar-refractivity contribution is 0.0981. The van der Waals surface area contributed by atoms with Crippen LogP contribution >= 0.6 is 0 Å². The molecule has 2 heterocycles. The van der Waals surface area contributed by atoms with Gasteiger partial charge in [0.15, 0.2) is 0 Å². The van der Waals surface area contributed by atoms with Gasteiger partial charge in [0, 0.05) is 44.8 Å². The fourth-order valence-corrected chi connectivity index (χ4v) is 4.24. The monoisotopic (exact) mass is 251 g/mol. The van der Waals surface area contributed by atoms with E-state index in [1.807, 2.05) is 0 Å². The van der Waals surface area contributed by atoms with E-state index in [4.69, 9.17) is 0 Å². The lowest BCUT2D eigenvalue weighted by Gasteiger charge is -2.38. The Labute approximate surface area is 112 Å². The number of hydrogen-bond acceptors (Lipinski definition) is 3. The van der Waals surface area contributed by atoms with Crippen molar-refractivity contribution in [3.63, 3.8) is 0 Å². The number of rotatable bonds is 3. The zero-order valence-corrected chi connectivity index (χ0v) is 12.1. The first kappa shape index (κ1) is 12.9. The summed E-state index contributed by atoms with van der Waals surface area (Å²) in [6.45, 7) is 12.3. The summed E-state index contributed by atoms with van der Waals surface area (Å²) in [5.41, 5.74) is 0. The maximum Gasteiger partial charge on any atom is 0.0226 e. The average Bonchev–Trinajstić information content (AvgIpc) is 2.95. The molecule has 3 unspecified atom stereocenters. The zero-order valence-electron chi connectivity index (χ0n) is 12.1. The lowest BCUT2D eigenvalue weighted by atomic mass is 9.93. The Bertz CT molecular complexity index is 271. The first-order valence-corrected chi connectivity index (χ1v) is 7.94. The number of piperazine rings is 1. The molecular formula is C15H29N3. The van der Waals surface area contributed by atoms with Crippen LogP contribution in [0.2, 0.25) is 0 Å². The van der Waals surface area contributed by atoms with Crippen molar-refractivity contribution in [2.45, 2.75) is 45.2 Å². The lowest BCUT2D eigenvalue weighted by Crippen LogP contribution is -2.52. The third kappa shape index (κ3) is 2.59. The Morgan fingerprint density at radius 3 is 2.61 bits per heavy atom. The van der Waals surface area contributed by atoms with Gasteiger partial charge in [-0.1, -0.05) is 6.42 Å². The Balaban J connectivity index is 1.47. The molecule has 1 aliphatic carbocycles. The van der Waals surface area contributed by atoms with Gasteiger partial charge >= 0.3 is 0 Å². The Morgan fingerprint density at radius 2 is 1.89 bits per heavy atom.